The van der Waals surface area contributed by atoms with Gasteiger partial charge in [0.1, 0.15) is 17.9 Å². The van der Waals surface area contributed by atoms with E-state index in [9.17, 15) is 9.90 Å². The maximum Gasteiger partial charge on any atom is 0.342 e. The lowest BCUT2D eigenvalue weighted by Crippen LogP contribution is -2.50. The van der Waals surface area contributed by atoms with Crippen LogP contribution in [-0.2, 0) is 24.3 Å². The van der Waals surface area contributed by atoms with Gasteiger partial charge in [-0.25, -0.2) is 9.78 Å². The second-order valence-corrected chi connectivity index (χ2v) is 10.4. The molecular weight excluding hydrogens is 532 g/mol. The molecule has 0 spiro atoms. The number of ether oxygens (including phenoxy) is 3. The van der Waals surface area contributed by atoms with Crippen molar-refractivity contribution in [1.29, 1.82) is 0 Å². The number of aromatic nitrogens is 3. The minimum atomic E-state index is -1.13. The van der Waals surface area contributed by atoms with E-state index in [0.29, 0.717) is 29.9 Å². The number of carboxylic acid groups (broad SMARTS) is 1. The molecule has 0 saturated carbocycles. The molecule has 0 aliphatic carbocycles. The summed E-state index contributed by atoms with van der Waals surface area (Å²) in [6, 6.07) is 16.1. The Kier molecular flexibility index (Phi) is 7.18. The van der Waals surface area contributed by atoms with Gasteiger partial charge in [0.15, 0.2) is 5.82 Å². The van der Waals surface area contributed by atoms with E-state index >= 15 is 0 Å². The summed E-state index contributed by atoms with van der Waals surface area (Å²) < 4.78 is 18.5. The smallest absolute Gasteiger partial charge is 0.342 e. The first-order chi connectivity index (χ1) is 19.4. The zero-order valence-corrected chi connectivity index (χ0v) is 23.0. The van der Waals surface area contributed by atoms with Gasteiger partial charge in [0.2, 0.25) is 5.88 Å². The van der Waals surface area contributed by atoms with E-state index in [1.807, 2.05) is 37.3 Å². The second-order valence-electron chi connectivity index (χ2n) is 9.99. The highest BCUT2D eigenvalue weighted by Crippen LogP contribution is 2.36. The Bertz CT molecular complexity index is 1580. The summed E-state index contributed by atoms with van der Waals surface area (Å²) in [5.41, 5.74) is 5.79. The zero-order chi connectivity index (χ0) is 27.8. The highest BCUT2D eigenvalue weighted by Gasteiger charge is 2.30. The van der Waals surface area contributed by atoms with Gasteiger partial charge in [0.25, 0.3) is 0 Å². The molecule has 9 nitrogen and oxygen atoms in total. The Morgan fingerprint density at radius 1 is 1.18 bits per heavy atom. The van der Waals surface area contributed by atoms with Crippen molar-refractivity contribution in [3.8, 4) is 28.7 Å². The number of nitrogens with zero attached hydrogens (tertiary/aromatic N) is 4. The number of methoxy groups -OCH3 is 1. The molecule has 0 bridgehead atoms. The van der Waals surface area contributed by atoms with Crippen molar-refractivity contribution in [2.75, 3.05) is 26.9 Å². The van der Waals surface area contributed by atoms with Crippen LogP contribution in [-0.4, -0.2) is 63.7 Å². The van der Waals surface area contributed by atoms with Crippen molar-refractivity contribution in [3.05, 3.63) is 87.6 Å². The molecule has 2 aromatic carbocycles. The van der Waals surface area contributed by atoms with E-state index in [4.69, 9.17) is 30.8 Å². The monoisotopic (exact) mass is 560 g/mol. The van der Waals surface area contributed by atoms with E-state index in [1.165, 1.54) is 29.1 Å². The number of fused-ring (bicyclic) bond motifs is 1. The molecule has 10 heteroatoms. The van der Waals surface area contributed by atoms with Crippen LogP contribution in [0.25, 0.3) is 17.1 Å². The van der Waals surface area contributed by atoms with Crippen molar-refractivity contribution in [1.82, 2.24) is 19.7 Å². The molecule has 0 unspecified atom stereocenters. The average Bonchev–Trinajstić information content (AvgIpc) is 3.37. The van der Waals surface area contributed by atoms with E-state index in [2.05, 4.69) is 22.1 Å². The lowest BCUT2D eigenvalue weighted by molar-refractivity contribution is -0.0695. The third-order valence-corrected chi connectivity index (χ3v) is 8.01. The molecule has 1 fully saturated rings. The molecule has 206 valence electrons. The normalized spacial score (nSPS) is 15.4. The fourth-order valence-corrected chi connectivity index (χ4v) is 5.60. The summed E-state index contributed by atoms with van der Waals surface area (Å²) in [4.78, 5) is 18.8. The molecule has 0 radical (unpaired) electrons. The number of halogens is 1. The Balaban J connectivity index is 1.26. The van der Waals surface area contributed by atoms with Crippen molar-refractivity contribution in [2.24, 2.45) is 0 Å². The highest BCUT2D eigenvalue weighted by molar-refractivity contribution is 6.32. The van der Waals surface area contributed by atoms with Gasteiger partial charge in [-0.2, -0.15) is 9.78 Å². The topological polar surface area (TPSA) is 98.9 Å². The summed E-state index contributed by atoms with van der Waals surface area (Å²) >= 11 is 6.91. The third-order valence-electron chi connectivity index (χ3n) is 7.54. The first-order valence-corrected chi connectivity index (χ1v) is 13.5. The van der Waals surface area contributed by atoms with E-state index < -0.39 is 5.97 Å². The van der Waals surface area contributed by atoms with Crippen molar-refractivity contribution in [3.63, 3.8) is 0 Å². The minimum Gasteiger partial charge on any atom is -0.488 e. The van der Waals surface area contributed by atoms with Crippen LogP contribution in [0.2, 0.25) is 5.02 Å². The summed E-state index contributed by atoms with van der Waals surface area (Å²) in [7, 11) is 1.40. The van der Waals surface area contributed by atoms with E-state index in [-0.39, 0.29) is 11.4 Å². The highest BCUT2D eigenvalue weighted by atomic mass is 35.5. The molecule has 2 aliphatic heterocycles. The van der Waals surface area contributed by atoms with Crippen molar-refractivity contribution >= 4 is 17.6 Å². The minimum absolute atomic E-state index is 0.0408. The Hall–Kier alpha value is -3.92. The predicted octanol–water partition coefficient (Wildman–Crippen LogP) is 4.94. The number of carbonyl (C=O) groups is 1. The number of benzene rings is 2. The summed E-state index contributed by atoms with van der Waals surface area (Å²) in [6.07, 6.45) is 2.16. The van der Waals surface area contributed by atoms with Crippen molar-refractivity contribution < 1.29 is 24.1 Å². The van der Waals surface area contributed by atoms with Gasteiger partial charge >= 0.3 is 5.97 Å². The van der Waals surface area contributed by atoms with Gasteiger partial charge in [0, 0.05) is 24.2 Å². The Morgan fingerprint density at radius 2 is 2.00 bits per heavy atom. The van der Waals surface area contributed by atoms with Crippen LogP contribution in [0.3, 0.4) is 0 Å². The average molecular weight is 561 g/mol. The van der Waals surface area contributed by atoms with Gasteiger partial charge < -0.3 is 19.3 Å². The standard InChI is InChI=1S/C30H29ClN4O5/c1-18-5-3-6-23(25-7-4-8-26(33-25)35-29(38-2)24(13-32-35)30(36)37)28(18)40-15-20-10-9-19-14-34(21-16-39-17-21)12-11-22(19)27(20)31/h3-10,13,21H,11-12,14-17H2,1-2H3,(H,36,37). The number of carboxylic acids is 1. The lowest BCUT2D eigenvalue weighted by atomic mass is 9.96. The third kappa shape index (κ3) is 4.81. The maximum absolute atomic E-state index is 11.6. The summed E-state index contributed by atoms with van der Waals surface area (Å²) in [6.45, 7) is 5.80. The van der Waals surface area contributed by atoms with Gasteiger partial charge in [-0.3, -0.25) is 4.90 Å². The molecule has 0 atom stereocenters. The van der Waals surface area contributed by atoms with Crippen LogP contribution in [0.5, 0.6) is 11.6 Å². The number of hydrogen-bond donors (Lipinski definition) is 1. The quantitative estimate of drug-likeness (QED) is 0.323. The fourth-order valence-electron chi connectivity index (χ4n) is 5.27. The molecule has 1 saturated heterocycles. The number of hydrogen-bond acceptors (Lipinski definition) is 7. The van der Waals surface area contributed by atoms with E-state index in [0.717, 1.165) is 54.4 Å². The lowest BCUT2D eigenvalue weighted by Gasteiger charge is -2.40. The van der Waals surface area contributed by atoms with Crippen molar-refractivity contribution in [2.45, 2.75) is 32.5 Å². The van der Waals surface area contributed by atoms with Crippen LogP contribution in [0.1, 0.15) is 32.6 Å². The maximum atomic E-state index is 11.6. The summed E-state index contributed by atoms with van der Waals surface area (Å²) in [5.74, 6) is 0.106. The number of pyridine rings is 1. The molecular formula is C30H29ClN4O5. The number of aromatic carboxylic acids is 1. The van der Waals surface area contributed by atoms with Gasteiger partial charge in [-0.1, -0.05) is 41.9 Å². The first kappa shape index (κ1) is 26.3. The molecule has 40 heavy (non-hydrogen) atoms. The zero-order valence-electron chi connectivity index (χ0n) is 22.3. The molecule has 4 aromatic rings. The summed E-state index contributed by atoms with van der Waals surface area (Å²) in [5, 5.41) is 14.4. The number of para-hydroxylation sites is 1. The Labute approximate surface area is 236 Å². The molecule has 0 amide bonds. The van der Waals surface area contributed by atoms with Gasteiger partial charge in [0.05, 0.1) is 43.3 Å². The molecule has 4 heterocycles. The largest absolute Gasteiger partial charge is 0.488 e. The van der Waals surface area contributed by atoms with Crippen LogP contribution in [0.4, 0.5) is 0 Å². The van der Waals surface area contributed by atoms with E-state index in [1.54, 1.807) is 6.07 Å². The molecule has 6 rings (SSSR count). The van der Waals surface area contributed by atoms with Crippen LogP contribution in [0.15, 0.2) is 54.7 Å². The van der Waals surface area contributed by atoms with Crippen LogP contribution < -0.4 is 9.47 Å². The van der Waals surface area contributed by atoms with Crippen LogP contribution >= 0.6 is 11.6 Å². The van der Waals surface area contributed by atoms with Gasteiger partial charge in [-0.05, 0) is 48.2 Å². The molecule has 2 aromatic heterocycles. The second kappa shape index (κ2) is 10.9. The number of aryl methyl sites for hydroxylation is 1. The molecule has 1 N–H and O–H groups in total. The SMILES string of the molecule is COc1c(C(=O)O)cnn1-c1cccc(-c2cccc(C)c2OCc2ccc3c(c2Cl)CCN(C2COC2)C3)n1. The van der Waals surface area contributed by atoms with Gasteiger partial charge in [-0.15, -0.1) is 0 Å². The first-order valence-electron chi connectivity index (χ1n) is 13.1. The Morgan fingerprint density at radius 3 is 2.75 bits per heavy atom. The number of rotatable bonds is 8. The fraction of sp³-hybridized carbons (Fsp3) is 0.300. The van der Waals surface area contributed by atoms with Crippen LogP contribution in [0, 0.1) is 6.92 Å². The molecule has 2 aliphatic rings. The predicted molar refractivity (Wildman–Crippen MR) is 150 cm³/mol.